The number of nitrogens with one attached hydrogen (secondary N) is 3. The van der Waals surface area contributed by atoms with Crippen molar-refractivity contribution in [3.05, 3.63) is 143 Å². The molecule has 6 nitrogen and oxygen atoms in total. The van der Waals surface area contributed by atoms with Crippen molar-refractivity contribution in [1.29, 1.82) is 0 Å². The molecular formula is C36H30ClN3O3S. The van der Waals surface area contributed by atoms with E-state index in [0.717, 1.165) is 21.4 Å². The highest BCUT2D eigenvalue weighted by atomic mass is 35.5. The molecule has 5 aromatic carbocycles. The number of hydrogen-bond acceptors (Lipinski definition) is 4. The Bertz CT molecular complexity index is 1840. The molecule has 220 valence electrons. The number of hydrogen-bond donors (Lipinski definition) is 3. The van der Waals surface area contributed by atoms with Crippen molar-refractivity contribution in [2.24, 2.45) is 0 Å². The summed E-state index contributed by atoms with van der Waals surface area (Å²) in [6.45, 7) is 1.96. The monoisotopic (exact) mass is 619 g/mol. The zero-order valence-corrected chi connectivity index (χ0v) is 25.5. The smallest absolute Gasteiger partial charge is 0.272 e. The molecule has 0 aliphatic carbocycles. The fourth-order valence-electron chi connectivity index (χ4n) is 4.51. The Balaban J connectivity index is 1.30. The van der Waals surface area contributed by atoms with Crippen LogP contribution in [0.15, 0.2) is 132 Å². The number of carbonyl (C=O) groups is 3. The minimum absolute atomic E-state index is 0.0335. The van der Waals surface area contributed by atoms with Gasteiger partial charge in [-0.15, -0.1) is 11.8 Å². The molecule has 0 bridgehead atoms. The summed E-state index contributed by atoms with van der Waals surface area (Å²) in [7, 11) is 0. The third-order valence-corrected chi connectivity index (χ3v) is 8.49. The van der Waals surface area contributed by atoms with Crippen molar-refractivity contribution >= 4 is 69.3 Å². The van der Waals surface area contributed by atoms with Gasteiger partial charge in [0.1, 0.15) is 5.70 Å². The van der Waals surface area contributed by atoms with Gasteiger partial charge in [-0.25, -0.2) is 0 Å². The fourth-order valence-corrected chi connectivity index (χ4v) is 5.72. The van der Waals surface area contributed by atoms with Gasteiger partial charge in [0.05, 0.1) is 5.25 Å². The van der Waals surface area contributed by atoms with Crippen molar-refractivity contribution in [3.63, 3.8) is 0 Å². The molecule has 44 heavy (non-hydrogen) atoms. The average Bonchev–Trinajstić information content (AvgIpc) is 3.04. The van der Waals surface area contributed by atoms with Gasteiger partial charge in [0.25, 0.3) is 11.8 Å². The molecule has 0 aromatic heterocycles. The van der Waals surface area contributed by atoms with E-state index in [9.17, 15) is 14.4 Å². The molecule has 0 fully saturated rings. The molecular weight excluding hydrogens is 590 g/mol. The van der Waals surface area contributed by atoms with E-state index in [1.165, 1.54) is 11.8 Å². The second-order valence-electron chi connectivity index (χ2n) is 9.95. The van der Waals surface area contributed by atoms with E-state index >= 15 is 0 Å². The van der Waals surface area contributed by atoms with Crippen molar-refractivity contribution in [1.82, 2.24) is 5.32 Å². The van der Waals surface area contributed by atoms with Gasteiger partial charge < -0.3 is 16.0 Å². The molecule has 0 heterocycles. The molecule has 0 radical (unpaired) electrons. The van der Waals surface area contributed by atoms with Crippen LogP contribution in [-0.2, 0) is 9.59 Å². The van der Waals surface area contributed by atoms with Gasteiger partial charge in [0.2, 0.25) is 5.91 Å². The number of carbonyl (C=O) groups excluding carboxylic acids is 3. The average molecular weight is 620 g/mol. The number of fused-ring (bicyclic) bond motifs is 1. The summed E-state index contributed by atoms with van der Waals surface area (Å²) in [6.07, 6.45) is 2.15. The zero-order chi connectivity index (χ0) is 30.9. The van der Waals surface area contributed by atoms with Crippen LogP contribution in [0.25, 0.3) is 16.8 Å². The van der Waals surface area contributed by atoms with Crippen molar-refractivity contribution in [2.75, 3.05) is 10.6 Å². The van der Waals surface area contributed by atoms with E-state index in [1.807, 2.05) is 67.6 Å². The molecule has 1 atom stereocenters. The van der Waals surface area contributed by atoms with Gasteiger partial charge in [-0.2, -0.15) is 0 Å². The number of thioether (sulfide) groups is 1. The Morgan fingerprint density at radius 2 is 1.45 bits per heavy atom. The molecule has 0 spiro atoms. The summed E-state index contributed by atoms with van der Waals surface area (Å²) in [6, 6.07) is 36.8. The van der Waals surface area contributed by atoms with Gasteiger partial charge in [-0.05, 0) is 77.4 Å². The van der Waals surface area contributed by atoms with Gasteiger partial charge in [-0.1, -0.05) is 91.3 Å². The lowest BCUT2D eigenvalue weighted by Crippen LogP contribution is -2.30. The van der Waals surface area contributed by atoms with Gasteiger partial charge in [0, 0.05) is 26.9 Å². The molecule has 5 rings (SSSR count). The Kier molecular flexibility index (Phi) is 10.1. The maximum Gasteiger partial charge on any atom is 0.272 e. The first-order valence-corrected chi connectivity index (χ1v) is 15.4. The molecule has 3 amide bonds. The van der Waals surface area contributed by atoms with Crippen LogP contribution in [0.3, 0.4) is 0 Å². The van der Waals surface area contributed by atoms with Gasteiger partial charge in [-0.3, -0.25) is 14.4 Å². The highest BCUT2D eigenvalue weighted by molar-refractivity contribution is 8.00. The first kappa shape index (κ1) is 30.6. The second-order valence-corrected chi connectivity index (χ2v) is 11.6. The van der Waals surface area contributed by atoms with Crippen molar-refractivity contribution in [2.45, 2.75) is 23.5 Å². The zero-order valence-electron chi connectivity index (χ0n) is 23.9. The highest BCUT2D eigenvalue weighted by Gasteiger charge is 2.20. The van der Waals surface area contributed by atoms with Gasteiger partial charge >= 0.3 is 0 Å². The van der Waals surface area contributed by atoms with E-state index in [-0.39, 0.29) is 16.9 Å². The quantitative estimate of drug-likeness (QED) is 0.108. The Labute approximate surface area is 265 Å². The minimum Gasteiger partial charge on any atom is -0.325 e. The molecule has 3 N–H and O–H groups in total. The topological polar surface area (TPSA) is 87.3 Å². The Morgan fingerprint density at radius 3 is 2.23 bits per heavy atom. The Hall–Kier alpha value is -4.85. The number of amides is 3. The van der Waals surface area contributed by atoms with Crippen LogP contribution >= 0.6 is 23.4 Å². The summed E-state index contributed by atoms with van der Waals surface area (Å²) < 4.78 is 0. The fraction of sp³-hybridized carbons (Fsp3) is 0.0833. The minimum atomic E-state index is -0.516. The summed E-state index contributed by atoms with van der Waals surface area (Å²) in [4.78, 5) is 40.4. The lowest BCUT2D eigenvalue weighted by Gasteiger charge is -2.16. The first-order chi connectivity index (χ1) is 21.4. The standard InChI is InChI=1S/C36H30ClN3O3S/c1-2-33(36(43)39-29-20-19-24-11-6-7-14-26(24)21-29)44-30-17-10-16-28(23-30)38-35(42)32(22-27-15-8-9-18-31(27)37)40-34(41)25-12-4-3-5-13-25/h3-23,33H,2H2,1H3,(H,38,42)(H,39,43)(H,40,41)/b32-22+. The lowest BCUT2D eigenvalue weighted by atomic mass is 10.1. The third-order valence-electron chi connectivity index (χ3n) is 6.78. The predicted molar refractivity (Wildman–Crippen MR) is 181 cm³/mol. The van der Waals surface area contributed by atoms with Crippen LogP contribution in [0.2, 0.25) is 5.02 Å². The SMILES string of the molecule is CCC(Sc1cccc(NC(=O)/C(=C\c2ccccc2Cl)NC(=O)c2ccccc2)c1)C(=O)Nc1ccc2ccccc2c1. The number of halogens is 1. The highest BCUT2D eigenvalue weighted by Crippen LogP contribution is 2.29. The van der Waals surface area contributed by atoms with Crippen LogP contribution in [0.5, 0.6) is 0 Å². The molecule has 1 unspecified atom stereocenters. The maximum atomic E-state index is 13.5. The molecule has 0 saturated carbocycles. The molecule has 8 heteroatoms. The second kappa shape index (κ2) is 14.6. The molecule has 5 aromatic rings. The summed E-state index contributed by atoms with van der Waals surface area (Å²) in [5.74, 6) is -1.04. The molecule has 0 aliphatic rings. The van der Waals surface area contributed by atoms with E-state index < -0.39 is 11.8 Å². The summed E-state index contributed by atoms with van der Waals surface area (Å²) >= 11 is 7.76. The van der Waals surface area contributed by atoms with Crippen LogP contribution in [-0.4, -0.2) is 23.0 Å². The first-order valence-electron chi connectivity index (χ1n) is 14.1. The van der Waals surface area contributed by atoms with E-state index in [0.29, 0.717) is 28.3 Å². The van der Waals surface area contributed by atoms with E-state index in [1.54, 1.807) is 66.7 Å². The normalized spacial score (nSPS) is 11.9. The van der Waals surface area contributed by atoms with Crippen LogP contribution in [0.1, 0.15) is 29.3 Å². The third kappa shape index (κ3) is 7.95. The summed E-state index contributed by atoms with van der Waals surface area (Å²) in [5.41, 5.74) is 2.29. The maximum absolute atomic E-state index is 13.5. The largest absolute Gasteiger partial charge is 0.325 e. The van der Waals surface area contributed by atoms with Crippen LogP contribution in [0, 0.1) is 0 Å². The van der Waals surface area contributed by atoms with Crippen LogP contribution < -0.4 is 16.0 Å². The van der Waals surface area contributed by atoms with Crippen molar-refractivity contribution < 1.29 is 14.4 Å². The van der Waals surface area contributed by atoms with E-state index in [4.69, 9.17) is 11.6 Å². The molecule has 0 saturated heterocycles. The van der Waals surface area contributed by atoms with Gasteiger partial charge in [0.15, 0.2) is 0 Å². The lowest BCUT2D eigenvalue weighted by molar-refractivity contribution is -0.116. The number of benzene rings is 5. The number of anilines is 2. The van der Waals surface area contributed by atoms with E-state index in [2.05, 4.69) is 16.0 Å². The van der Waals surface area contributed by atoms with Crippen LogP contribution in [0.4, 0.5) is 11.4 Å². The predicted octanol–water partition coefficient (Wildman–Crippen LogP) is 8.41. The van der Waals surface area contributed by atoms with Crippen molar-refractivity contribution in [3.8, 4) is 0 Å². The Morgan fingerprint density at radius 1 is 0.750 bits per heavy atom. The molecule has 0 aliphatic heterocycles. The summed E-state index contributed by atoms with van der Waals surface area (Å²) in [5, 5.41) is 10.9. The number of rotatable bonds is 10.